The monoisotopic (exact) mass is 802 g/mol. The molecule has 3 aliphatic rings. The maximum atomic E-state index is 13.9. The zero-order valence-corrected chi connectivity index (χ0v) is 29.2. The molecule has 0 bridgehead atoms. The Kier molecular flexibility index (Phi) is 12.6. The van der Waals surface area contributed by atoms with Crippen LogP contribution in [-0.4, -0.2) is 185 Å². The molecule has 22 nitrogen and oxygen atoms in total. The molecule has 3 aromatic rings. The second-order valence-electron chi connectivity index (χ2n) is 13.3. The van der Waals surface area contributed by atoms with Gasteiger partial charge >= 0.3 is 0 Å². The van der Waals surface area contributed by atoms with Gasteiger partial charge in [-0.2, -0.15) is 0 Å². The van der Waals surface area contributed by atoms with E-state index in [1.807, 2.05) is 0 Å². The van der Waals surface area contributed by atoms with E-state index in [4.69, 9.17) is 37.6 Å². The number of hydrogen-bond acceptors (Lipinski definition) is 22. The van der Waals surface area contributed by atoms with Crippen LogP contribution < -0.4 is 14.9 Å². The number of methoxy groups -OCH3 is 1. The smallest absolute Gasteiger partial charge is 0.239 e. The number of rotatable bonds is 11. The molecule has 3 saturated heterocycles. The summed E-state index contributed by atoms with van der Waals surface area (Å²) in [4.78, 5) is 13.9. The Morgan fingerprint density at radius 2 is 1.25 bits per heavy atom. The van der Waals surface area contributed by atoms with E-state index < -0.39 is 140 Å². The maximum Gasteiger partial charge on any atom is 0.239 e. The van der Waals surface area contributed by atoms with Gasteiger partial charge in [-0.25, -0.2) is 0 Å². The molecule has 1 aromatic heterocycles. The first-order valence-electron chi connectivity index (χ1n) is 17.1. The van der Waals surface area contributed by atoms with Gasteiger partial charge in [-0.1, -0.05) is 0 Å². The summed E-state index contributed by atoms with van der Waals surface area (Å²) >= 11 is 0. The Bertz CT molecular complexity index is 1890. The Hall–Kier alpha value is -3.95. The number of aliphatic hydroxyl groups is 10. The number of aromatic hydroxyl groups is 3. The highest BCUT2D eigenvalue weighted by atomic mass is 16.8. The standard InChI is InChI=1S/C34H42O22/c1-49-14-4-10(2-3-12(14)38)29-30(23(43)19-13(39)5-11(37)6-15(19)51-29)55-33-28(48)25(45)22(42)18(54-33)9-50-34-31(26(46)21(41)17(8-36)53-34)56-32-27(47)24(44)20(40)16(7-35)52-32/h2-6,16-18,20-22,24-28,31-42,44-48H,7-9H2,1H3/t16-,17-,18-,20-,21-,22-,24-,25-,26+,27+,28+,31+,32+,33+,34-/m1/s1. The van der Waals surface area contributed by atoms with Crippen LogP contribution in [0.1, 0.15) is 0 Å². The van der Waals surface area contributed by atoms with Crippen LogP contribution in [-0.2, 0) is 23.7 Å². The number of hydrogen-bond donors (Lipinski definition) is 13. The van der Waals surface area contributed by atoms with Gasteiger partial charge in [-0.3, -0.25) is 4.79 Å². The molecule has 3 fully saturated rings. The Morgan fingerprint density at radius 3 is 1.89 bits per heavy atom. The number of ether oxygens (including phenoxy) is 7. The molecule has 0 saturated carbocycles. The summed E-state index contributed by atoms with van der Waals surface area (Å²) in [5, 5.41) is 135. The van der Waals surface area contributed by atoms with Crippen molar-refractivity contribution in [2.75, 3.05) is 26.9 Å². The van der Waals surface area contributed by atoms with Crippen molar-refractivity contribution in [2.45, 2.75) is 92.1 Å². The summed E-state index contributed by atoms with van der Waals surface area (Å²) in [6.45, 7) is -2.49. The van der Waals surface area contributed by atoms with Crippen molar-refractivity contribution in [3.63, 3.8) is 0 Å². The van der Waals surface area contributed by atoms with Gasteiger partial charge in [0.15, 0.2) is 29.8 Å². The fourth-order valence-electron chi connectivity index (χ4n) is 6.51. The molecule has 6 rings (SSSR count). The molecule has 56 heavy (non-hydrogen) atoms. The highest BCUT2D eigenvalue weighted by Gasteiger charge is 2.52. The number of benzene rings is 2. The number of fused-ring (bicyclic) bond motifs is 1. The van der Waals surface area contributed by atoms with E-state index in [9.17, 15) is 71.2 Å². The largest absolute Gasteiger partial charge is 0.508 e. The van der Waals surface area contributed by atoms with Crippen molar-refractivity contribution in [1.82, 2.24) is 0 Å². The molecular weight excluding hydrogens is 760 g/mol. The highest BCUT2D eigenvalue weighted by molar-refractivity contribution is 5.88. The lowest BCUT2D eigenvalue weighted by Gasteiger charge is -2.46. The number of phenolic OH excluding ortho intramolecular Hbond substituents is 3. The van der Waals surface area contributed by atoms with E-state index in [1.165, 1.54) is 25.3 Å². The summed E-state index contributed by atoms with van der Waals surface area (Å²) in [7, 11) is 1.25. The fraction of sp³-hybridized carbons (Fsp3) is 0.559. The van der Waals surface area contributed by atoms with Crippen LogP contribution in [0.5, 0.6) is 28.7 Å². The van der Waals surface area contributed by atoms with Crippen LogP contribution in [0.2, 0.25) is 0 Å². The van der Waals surface area contributed by atoms with E-state index in [-0.39, 0.29) is 28.4 Å². The maximum absolute atomic E-state index is 13.9. The quantitative estimate of drug-likeness (QED) is 0.0867. The molecule has 22 heteroatoms. The van der Waals surface area contributed by atoms with Gasteiger partial charge in [-0.15, -0.1) is 0 Å². The average molecular weight is 803 g/mol. The Morgan fingerprint density at radius 1 is 0.661 bits per heavy atom. The minimum absolute atomic E-state index is 0.0429. The first kappa shape index (κ1) is 41.7. The Balaban J connectivity index is 1.28. The number of aliphatic hydroxyl groups excluding tert-OH is 10. The van der Waals surface area contributed by atoms with Crippen molar-refractivity contribution in [3.05, 3.63) is 40.6 Å². The Labute approximate surface area is 314 Å². The molecule has 0 aliphatic carbocycles. The second-order valence-corrected chi connectivity index (χ2v) is 13.3. The van der Waals surface area contributed by atoms with Crippen LogP contribution in [0.25, 0.3) is 22.3 Å². The third-order valence-corrected chi connectivity index (χ3v) is 9.65. The lowest BCUT2D eigenvalue weighted by Crippen LogP contribution is -2.65. The predicted molar refractivity (Wildman–Crippen MR) is 179 cm³/mol. The predicted octanol–water partition coefficient (Wildman–Crippen LogP) is -4.59. The third-order valence-electron chi connectivity index (χ3n) is 9.65. The topological polar surface area (TPSA) is 358 Å². The minimum Gasteiger partial charge on any atom is -0.508 e. The third kappa shape index (κ3) is 7.83. The lowest BCUT2D eigenvalue weighted by molar-refractivity contribution is -0.372. The molecule has 0 amide bonds. The summed E-state index contributed by atoms with van der Waals surface area (Å²) in [5.41, 5.74) is -1.32. The zero-order chi connectivity index (χ0) is 40.7. The fourth-order valence-corrected chi connectivity index (χ4v) is 6.51. The van der Waals surface area contributed by atoms with Gasteiger partial charge in [0, 0.05) is 17.7 Å². The van der Waals surface area contributed by atoms with Gasteiger partial charge in [0.1, 0.15) is 95.7 Å². The van der Waals surface area contributed by atoms with Crippen LogP contribution in [0, 0.1) is 0 Å². The SMILES string of the molecule is COc1cc(-c2oc3cc(O)cc(O)c3c(=O)c2O[C@@H]2O[C@H](CO[C@@H]3O[C@H](CO)[C@@H](O)[C@H](O)[C@@H]3O[C@@H]3O[C@H](CO)[C@@H](O)[C@@H](O)[C@@H]3O)[C@@H](O)[C@@H](O)[C@@H]2O)ccc1O. The summed E-state index contributed by atoms with van der Waals surface area (Å²) < 4.78 is 44.8. The van der Waals surface area contributed by atoms with E-state index in [1.54, 1.807) is 0 Å². The average Bonchev–Trinajstić information content (AvgIpc) is 3.17. The number of phenols is 3. The molecule has 2 aromatic carbocycles. The summed E-state index contributed by atoms with van der Waals surface area (Å²) in [6.07, 6.45) is -27.5. The second kappa shape index (κ2) is 16.9. The van der Waals surface area contributed by atoms with Crippen LogP contribution in [0.3, 0.4) is 0 Å². The lowest BCUT2D eigenvalue weighted by atomic mass is 9.97. The van der Waals surface area contributed by atoms with E-state index in [2.05, 4.69) is 0 Å². The van der Waals surface area contributed by atoms with E-state index in [0.717, 1.165) is 12.1 Å². The minimum atomic E-state index is -2.07. The summed E-state index contributed by atoms with van der Waals surface area (Å²) in [6, 6.07) is 5.62. The van der Waals surface area contributed by atoms with Gasteiger partial charge in [-0.05, 0) is 18.2 Å². The van der Waals surface area contributed by atoms with Gasteiger partial charge in [0.25, 0.3) is 0 Å². The summed E-state index contributed by atoms with van der Waals surface area (Å²) in [5.74, 6) is -2.66. The molecule has 15 atom stereocenters. The molecule has 0 radical (unpaired) electrons. The molecule has 310 valence electrons. The normalized spacial score (nSPS) is 36.4. The van der Waals surface area contributed by atoms with Gasteiger partial charge < -0.3 is 104 Å². The molecule has 0 spiro atoms. The first-order valence-corrected chi connectivity index (χ1v) is 17.1. The van der Waals surface area contributed by atoms with E-state index in [0.29, 0.717) is 0 Å². The molecule has 13 N–H and O–H groups in total. The van der Waals surface area contributed by atoms with E-state index >= 15 is 0 Å². The van der Waals surface area contributed by atoms with Crippen LogP contribution in [0.15, 0.2) is 39.5 Å². The molecule has 3 aliphatic heterocycles. The van der Waals surface area contributed by atoms with Gasteiger partial charge in [0.2, 0.25) is 17.5 Å². The van der Waals surface area contributed by atoms with Crippen molar-refractivity contribution < 1.29 is 104 Å². The van der Waals surface area contributed by atoms with Crippen molar-refractivity contribution in [1.29, 1.82) is 0 Å². The van der Waals surface area contributed by atoms with Crippen molar-refractivity contribution in [2.24, 2.45) is 0 Å². The van der Waals surface area contributed by atoms with Crippen molar-refractivity contribution >= 4 is 11.0 Å². The zero-order valence-electron chi connectivity index (χ0n) is 29.2. The molecule has 0 unspecified atom stereocenters. The van der Waals surface area contributed by atoms with Gasteiger partial charge in [0.05, 0.1) is 26.9 Å². The first-order chi connectivity index (χ1) is 26.6. The van der Waals surface area contributed by atoms with Crippen LogP contribution in [0.4, 0.5) is 0 Å². The molecule has 4 heterocycles. The van der Waals surface area contributed by atoms with Crippen molar-refractivity contribution in [3.8, 4) is 40.1 Å². The highest BCUT2D eigenvalue weighted by Crippen LogP contribution is 2.40. The molecular formula is C34H42O22. The van der Waals surface area contributed by atoms with Crippen LogP contribution >= 0.6 is 0 Å².